The van der Waals surface area contributed by atoms with E-state index >= 15 is 0 Å². The predicted molar refractivity (Wildman–Crippen MR) is 37.6 cm³/mol. The van der Waals surface area contributed by atoms with E-state index in [4.69, 9.17) is 5.11 Å². The first-order valence-electron chi connectivity index (χ1n) is 3.90. The average Bonchev–Trinajstić information content (AvgIpc) is 2.30. The molecule has 0 bridgehead atoms. The monoisotopic (exact) mass is 197 g/mol. The Morgan fingerprint density at radius 3 is 2.54 bits per heavy atom. The lowest BCUT2D eigenvalue weighted by atomic mass is 10.0. The largest absolute Gasteiger partial charge is 0.389 e. The molecule has 0 aliphatic carbocycles. The molecule has 1 aliphatic rings. The summed E-state index contributed by atoms with van der Waals surface area (Å²) in [6, 6.07) is 0. The van der Waals surface area contributed by atoms with Crippen LogP contribution in [0.3, 0.4) is 0 Å². The van der Waals surface area contributed by atoms with Gasteiger partial charge in [0.2, 0.25) is 5.91 Å². The first-order valence-corrected chi connectivity index (χ1v) is 3.90. The maximum Gasteiger partial charge on any atom is 0.389 e. The third-order valence-electron chi connectivity index (χ3n) is 2.06. The van der Waals surface area contributed by atoms with Crippen molar-refractivity contribution < 1.29 is 23.1 Å². The Kier molecular flexibility index (Phi) is 2.80. The fourth-order valence-electron chi connectivity index (χ4n) is 1.41. The molecule has 1 atom stereocenters. The smallest absolute Gasteiger partial charge is 0.376 e. The second-order valence-corrected chi connectivity index (χ2v) is 3.05. The fraction of sp³-hybridized carbons (Fsp3) is 0.857. The second-order valence-electron chi connectivity index (χ2n) is 3.05. The molecule has 0 spiro atoms. The number of nitrogens with zero attached hydrogens (tertiary/aromatic N) is 1. The van der Waals surface area contributed by atoms with E-state index in [0.717, 1.165) is 4.90 Å². The molecule has 1 N–H and O–H groups in total. The molecule has 3 nitrogen and oxygen atoms in total. The van der Waals surface area contributed by atoms with Crippen molar-refractivity contribution in [1.82, 2.24) is 4.90 Å². The minimum absolute atomic E-state index is 0.179. The second kappa shape index (κ2) is 3.53. The number of amides is 1. The van der Waals surface area contributed by atoms with Crippen LogP contribution in [-0.2, 0) is 4.79 Å². The molecule has 0 aromatic rings. The van der Waals surface area contributed by atoms with Crippen LogP contribution in [0.15, 0.2) is 0 Å². The number of alkyl halides is 3. The lowest BCUT2D eigenvalue weighted by molar-refractivity contribution is -0.155. The van der Waals surface area contributed by atoms with E-state index in [-0.39, 0.29) is 13.0 Å². The van der Waals surface area contributed by atoms with Gasteiger partial charge in [-0.3, -0.25) is 4.79 Å². The quantitative estimate of drug-likeness (QED) is 0.709. The molecule has 0 saturated carbocycles. The zero-order valence-corrected chi connectivity index (χ0v) is 6.84. The zero-order chi connectivity index (χ0) is 10.1. The molecular weight excluding hydrogens is 187 g/mol. The highest BCUT2D eigenvalue weighted by Crippen LogP contribution is 2.30. The summed E-state index contributed by atoms with van der Waals surface area (Å²) in [4.78, 5) is 12.1. The van der Waals surface area contributed by atoms with Crippen molar-refractivity contribution in [2.24, 2.45) is 5.92 Å². The molecular formula is C7H10F3NO2. The number of halogens is 3. The van der Waals surface area contributed by atoms with Gasteiger partial charge in [0, 0.05) is 12.5 Å². The summed E-state index contributed by atoms with van der Waals surface area (Å²) in [6.45, 7) is -0.275. The van der Waals surface area contributed by atoms with Gasteiger partial charge in [0.1, 0.15) is 6.73 Å². The van der Waals surface area contributed by atoms with Crippen molar-refractivity contribution in [1.29, 1.82) is 0 Å². The molecule has 1 unspecified atom stereocenters. The van der Waals surface area contributed by atoms with Gasteiger partial charge in [-0.1, -0.05) is 0 Å². The van der Waals surface area contributed by atoms with Crippen LogP contribution in [0, 0.1) is 5.92 Å². The Balaban J connectivity index is 2.51. The SMILES string of the molecule is O=C1C(CC(F)(F)F)CCN1CO. The highest BCUT2D eigenvalue weighted by molar-refractivity contribution is 5.80. The molecule has 1 amide bonds. The van der Waals surface area contributed by atoms with E-state index in [0.29, 0.717) is 0 Å². The van der Waals surface area contributed by atoms with Gasteiger partial charge >= 0.3 is 6.18 Å². The molecule has 1 rings (SSSR count). The molecule has 76 valence electrons. The number of hydrogen-bond donors (Lipinski definition) is 1. The standard InChI is InChI=1S/C7H10F3NO2/c8-7(9,10)3-5-1-2-11(4-12)6(5)13/h5,12H,1-4H2. The summed E-state index contributed by atoms with van der Waals surface area (Å²) in [5.74, 6) is -1.59. The fourth-order valence-corrected chi connectivity index (χ4v) is 1.41. The number of carbonyl (C=O) groups excluding carboxylic acids is 1. The van der Waals surface area contributed by atoms with E-state index in [9.17, 15) is 18.0 Å². The molecule has 1 heterocycles. The van der Waals surface area contributed by atoms with Gasteiger partial charge in [-0.25, -0.2) is 0 Å². The maximum atomic E-state index is 11.9. The summed E-state index contributed by atoms with van der Waals surface area (Å²) < 4.78 is 35.6. The van der Waals surface area contributed by atoms with Crippen molar-refractivity contribution >= 4 is 5.91 Å². The Morgan fingerprint density at radius 1 is 1.54 bits per heavy atom. The van der Waals surface area contributed by atoms with Gasteiger partial charge in [0.05, 0.1) is 6.42 Å². The number of hydrogen-bond acceptors (Lipinski definition) is 2. The van der Waals surface area contributed by atoms with Crippen LogP contribution in [0.2, 0.25) is 0 Å². The number of aliphatic hydroxyl groups is 1. The van der Waals surface area contributed by atoms with Gasteiger partial charge in [-0.15, -0.1) is 0 Å². The molecule has 1 aliphatic heterocycles. The van der Waals surface area contributed by atoms with Crippen LogP contribution in [0.1, 0.15) is 12.8 Å². The lowest BCUT2D eigenvalue weighted by Gasteiger charge is -2.13. The van der Waals surface area contributed by atoms with Gasteiger partial charge < -0.3 is 10.0 Å². The molecule has 0 aromatic carbocycles. The Bertz CT molecular complexity index is 204. The van der Waals surface area contributed by atoms with Crippen LogP contribution < -0.4 is 0 Å². The lowest BCUT2D eigenvalue weighted by Crippen LogP contribution is -2.29. The highest BCUT2D eigenvalue weighted by Gasteiger charge is 2.40. The average molecular weight is 197 g/mol. The summed E-state index contributed by atoms with van der Waals surface area (Å²) in [6.07, 6.45) is -5.20. The number of rotatable bonds is 2. The summed E-state index contributed by atoms with van der Waals surface area (Å²) in [5.41, 5.74) is 0. The molecule has 1 fully saturated rings. The predicted octanol–water partition coefficient (Wildman–Crippen LogP) is 0.737. The van der Waals surface area contributed by atoms with E-state index in [1.54, 1.807) is 0 Å². The van der Waals surface area contributed by atoms with Crippen LogP contribution in [0.25, 0.3) is 0 Å². The van der Waals surface area contributed by atoms with Crippen LogP contribution in [-0.4, -0.2) is 35.4 Å². The minimum Gasteiger partial charge on any atom is -0.376 e. The van der Waals surface area contributed by atoms with Crippen molar-refractivity contribution in [3.8, 4) is 0 Å². The molecule has 1 saturated heterocycles. The number of aliphatic hydroxyl groups excluding tert-OH is 1. The molecule has 0 radical (unpaired) electrons. The summed E-state index contributed by atoms with van der Waals surface area (Å²) >= 11 is 0. The first kappa shape index (κ1) is 10.3. The van der Waals surface area contributed by atoms with Gasteiger partial charge in [0.15, 0.2) is 0 Å². The minimum atomic E-state index is -4.30. The van der Waals surface area contributed by atoms with E-state index < -0.39 is 31.2 Å². The normalized spacial score (nSPS) is 24.2. The van der Waals surface area contributed by atoms with E-state index in [2.05, 4.69) is 0 Å². The van der Waals surface area contributed by atoms with Gasteiger partial charge in [0.25, 0.3) is 0 Å². The first-order chi connectivity index (χ1) is 5.94. The highest BCUT2D eigenvalue weighted by atomic mass is 19.4. The van der Waals surface area contributed by atoms with Crippen LogP contribution in [0.5, 0.6) is 0 Å². The van der Waals surface area contributed by atoms with E-state index in [1.807, 2.05) is 0 Å². The third kappa shape index (κ3) is 2.58. The van der Waals surface area contributed by atoms with Crippen LogP contribution >= 0.6 is 0 Å². The number of carbonyl (C=O) groups is 1. The zero-order valence-electron chi connectivity index (χ0n) is 6.84. The molecule has 0 aromatic heterocycles. The van der Waals surface area contributed by atoms with Crippen LogP contribution in [0.4, 0.5) is 13.2 Å². The maximum absolute atomic E-state index is 11.9. The Morgan fingerprint density at radius 2 is 2.15 bits per heavy atom. The van der Waals surface area contributed by atoms with Crippen molar-refractivity contribution in [3.05, 3.63) is 0 Å². The topological polar surface area (TPSA) is 40.5 Å². The van der Waals surface area contributed by atoms with E-state index in [1.165, 1.54) is 0 Å². The summed E-state index contributed by atoms with van der Waals surface area (Å²) in [7, 11) is 0. The third-order valence-corrected chi connectivity index (χ3v) is 2.06. The van der Waals surface area contributed by atoms with Gasteiger partial charge in [-0.05, 0) is 6.42 Å². The Labute approximate surface area is 73.1 Å². The van der Waals surface area contributed by atoms with Crippen molar-refractivity contribution in [2.75, 3.05) is 13.3 Å². The van der Waals surface area contributed by atoms with Gasteiger partial charge in [-0.2, -0.15) is 13.2 Å². The molecule has 6 heteroatoms. The molecule has 13 heavy (non-hydrogen) atoms. The summed E-state index contributed by atoms with van der Waals surface area (Å²) in [5, 5.41) is 8.58. The van der Waals surface area contributed by atoms with Crippen molar-refractivity contribution in [3.63, 3.8) is 0 Å². The number of likely N-dealkylation sites (tertiary alicyclic amines) is 1. The Hall–Kier alpha value is -0.780. The van der Waals surface area contributed by atoms with Crippen molar-refractivity contribution in [2.45, 2.75) is 19.0 Å².